The molecule has 112 valence electrons. The van der Waals surface area contributed by atoms with Crippen LogP contribution in [0, 0.1) is 5.92 Å². The van der Waals surface area contributed by atoms with Crippen molar-refractivity contribution in [3.05, 3.63) is 0 Å². The second kappa shape index (κ2) is 9.71. The van der Waals surface area contributed by atoms with Crippen LogP contribution in [-0.2, 0) is 24.4 Å². The van der Waals surface area contributed by atoms with E-state index in [0.29, 0.717) is 6.42 Å². The maximum Gasteiger partial charge on any atom is 0.352 e. The molecule has 0 spiro atoms. The van der Waals surface area contributed by atoms with E-state index in [2.05, 4.69) is 14.8 Å². The number of carbonyl (C=O) groups excluding carboxylic acids is 2. The number of aliphatic hydroxyl groups is 2. The van der Waals surface area contributed by atoms with Gasteiger partial charge in [-0.15, -0.1) is 0 Å². The van der Waals surface area contributed by atoms with Gasteiger partial charge in [-0.3, -0.25) is 9.78 Å². The molecule has 0 bridgehead atoms. The Bertz CT molecular complexity index is 279. The Morgan fingerprint density at radius 3 is 2.32 bits per heavy atom. The SMILES string of the molecule is CCCCC(O)C(O)C(C)C(=O)OOOC(=O)CC. The summed E-state index contributed by atoms with van der Waals surface area (Å²) in [5, 5.41) is 23.3. The van der Waals surface area contributed by atoms with Crippen molar-refractivity contribution in [1.82, 2.24) is 0 Å². The maximum atomic E-state index is 11.4. The monoisotopic (exact) mass is 278 g/mol. The third-order valence-corrected chi connectivity index (χ3v) is 2.66. The van der Waals surface area contributed by atoms with Crippen LogP contribution in [0.25, 0.3) is 0 Å². The van der Waals surface area contributed by atoms with Gasteiger partial charge in [-0.25, -0.2) is 9.59 Å². The Hall–Kier alpha value is -1.18. The van der Waals surface area contributed by atoms with E-state index >= 15 is 0 Å². The minimum Gasteiger partial charge on any atom is -0.390 e. The highest BCUT2D eigenvalue weighted by Crippen LogP contribution is 2.14. The van der Waals surface area contributed by atoms with Crippen molar-refractivity contribution in [1.29, 1.82) is 0 Å². The fraction of sp³-hybridized carbons (Fsp3) is 0.833. The molecule has 0 aliphatic carbocycles. The molecule has 7 nitrogen and oxygen atoms in total. The van der Waals surface area contributed by atoms with Gasteiger partial charge in [0.05, 0.1) is 18.1 Å². The molecule has 19 heavy (non-hydrogen) atoms. The molecule has 0 aromatic carbocycles. The van der Waals surface area contributed by atoms with Gasteiger partial charge in [0.2, 0.25) is 0 Å². The van der Waals surface area contributed by atoms with Gasteiger partial charge in [-0.2, -0.15) is 0 Å². The van der Waals surface area contributed by atoms with Crippen molar-refractivity contribution in [2.24, 2.45) is 5.92 Å². The number of hydrogen-bond acceptors (Lipinski definition) is 7. The molecule has 3 unspecified atom stereocenters. The number of rotatable bonds is 9. The summed E-state index contributed by atoms with van der Waals surface area (Å²) < 4.78 is 0. The summed E-state index contributed by atoms with van der Waals surface area (Å²) in [6, 6.07) is 0. The third kappa shape index (κ3) is 7.09. The van der Waals surface area contributed by atoms with E-state index in [4.69, 9.17) is 0 Å². The normalized spacial score (nSPS) is 15.4. The second-order valence-electron chi connectivity index (χ2n) is 4.27. The standard InChI is InChI=1S/C12H22O7/c1-4-6-7-9(13)11(15)8(3)12(16)18-19-17-10(14)5-2/h8-9,11,13,15H,4-7H2,1-3H3. The molecule has 0 aliphatic rings. The van der Waals surface area contributed by atoms with E-state index in [0.717, 1.165) is 12.8 Å². The topological polar surface area (TPSA) is 102 Å². The molecule has 0 saturated heterocycles. The minimum absolute atomic E-state index is 0.0749. The Kier molecular flexibility index (Phi) is 9.11. The minimum atomic E-state index is -1.26. The molecular weight excluding hydrogens is 256 g/mol. The number of carbonyl (C=O) groups is 2. The molecule has 0 saturated carbocycles. The number of hydrogen-bond donors (Lipinski definition) is 2. The lowest BCUT2D eigenvalue weighted by atomic mass is 9.96. The van der Waals surface area contributed by atoms with Crippen molar-refractivity contribution < 1.29 is 34.6 Å². The van der Waals surface area contributed by atoms with Crippen LogP contribution in [-0.4, -0.2) is 34.4 Å². The van der Waals surface area contributed by atoms with Gasteiger partial charge < -0.3 is 10.2 Å². The van der Waals surface area contributed by atoms with Gasteiger partial charge in [0.15, 0.2) is 0 Å². The van der Waals surface area contributed by atoms with Crippen LogP contribution in [0.3, 0.4) is 0 Å². The molecule has 3 atom stereocenters. The number of aliphatic hydroxyl groups excluding tert-OH is 2. The van der Waals surface area contributed by atoms with Crippen molar-refractivity contribution in [2.45, 2.75) is 58.7 Å². The van der Waals surface area contributed by atoms with E-state index in [-0.39, 0.29) is 6.42 Å². The molecule has 0 aromatic heterocycles. The Balaban J connectivity index is 4.06. The van der Waals surface area contributed by atoms with Crippen LogP contribution in [0.5, 0.6) is 0 Å². The van der Waals surface area contributed by atoms with E-state index in [1.165, 1.54) is 6.92 Å². The highest BCUT2D eigenvalue weighted by Gasteiger charge is 2.30. The first kappa shape index (κ1) is 17.8. The third-order valence-electron chi connectivity index (χ3n) is 2.66. The van der Waals surface area contributed by atoms with Gasteiger partial charge >= 0.3 is 11.9 Å². The molecule has 0 aromatic rings. The zero-order valence-corrected chi connectivity index (χ0v) is 11.5. The summed E-state index contributed by atoms with van der Waals surface area (Å²) in [6.45, 7) is 4.88. The smallest absolute Gasteiger partial charge is 0.352 e. The van der Waals surface area contributed by atoms with E-state index in [1.807, 2.05) is 6.92 Å². The van der Waals surface area contributed by atoms with Gasteiger partial charge in [-0.05, 0) is 13.3 Å². The van der Waals surface area contributed by atoms with Crippen LogP contribution in [0.15, 0.2) is 0 Å². The van der Waals surface area contributed by atoms with Gasteiger partial charge in [-0.1, -0.05) is 26.7 Å². The summed E-state index contributed by atoms with van der Waals surface area (Å²) in [4.78, 5) is 30.4. The lowest BCUT2D eigenvalue weighted by Gasteiger charge is -2.21. The van der Waals surface area contributed by atoms with Gasteiger partial charge in [0.25, 0.3) is 0 Å². The second-order valence-corrected chi connectivity index (χ2v) is 4.27. The van der Waals surface area contributed by atoms with Crippen molar-refractivity contribution in [2.75, 3.05) is 0 Å². The van der Waals surface area contributed by atoms with Crippen LogP contribution >= 0.6 is 0 Å². The highest BCUT2D eigenvalue weighted by atomic mass is 17.5. The van der Waals surface area contributed by atoms with Crippen LogP contribution < -0.4 is 0 Å². The lowest BCUT2D eigenvalue weighted by molar-refractivity contribution is -0.461. The molecule has 7 heteroatoms. The summed E-state index contributed by atoms with van der Waals surface area (Å²) in [7, 11) is 0. The molecule has 0 fully saturated rings. The molecule has 0 radical (unpaired) electrons. The zero-order chi connectivity index (χ0) is 14.8. The molecule has 2 N–H and O–H groups in total. The molecule has 0 amide bonds. The van der Waals surface area contributed by atoms with E-state index in [9.17, 15) is 19.8 Å². The average Bonchev–Trinajstić information content (AvgIpc) is 2.42. The zero-order valence-electron chi connectivity index (χ0n) is 11.5. The predicted octanol–water partition coefficient (Wildman–Crippen LogP) is 0.877. The Labute approximate surface area is 112 Å². The fourth-order valence-electron chi connectivity index (χ4n) is 1.28. The maximum absolute atomic E-state index is 11.4. The highest BCUT2D eigenvalue weighted by molar-refractivity contribution is 5.72. The van der Waals surface area contributed by atoms with Crippen LogP contribution in [0.4, 0.5) is 0 Å². The molecule has 0 aliphatic heterocycles. The molecular formula is C12H22O7. The Morgan fingerprint density at radius 1 is 1.16 bits per heavy atom. The predicted molar refractivity (Wildman–Crippen MR) is 64.3 cm³/mol. The van der Waals surface area contributed by atoms with E-state index < -0.39 is 30.1 Å². The lowest BCUT2D eigenvalue weighted by Crippen LogP contribution is -2.37. The Morgan fingerprint density at radius 2 is 1.79 bits per heavy atom. The summed E-state index contributed by atoms with van der Waals surface area (Å²) in [5.41, 5.74) is 0. The van der Waals surface area contributed by atoms with Crippen molar-refractivity contribution in [3.63, 3.8) is 0 Å². The number of unbranched alkanes of at least 4 members (excludes halogenated alkanes) is 1. The first-order valence-electron chi connectivity index (χ1n) is 6.37. The largest absolute Gasteiger partial charge is 0.390 e. The summed E-state index contributed by atoms with van der Waals surface area (Å²) in [6.07, 6.45) is -0.194. The summed E-state index contributed by atoms with van der Waals surface area (Å²) in [5.74, 6) is -2.61. The fourth-order valence-corrected chi connectivity index (χ4v) is 1.28. The van der Waals surface area contributed by atoms with Gasteiger partial charge in [0, 0.05) is 11.5 Å². The van der Waals surface area contributed by atoms with Crippen molar-refractivity contribution in [3.8, 4) is 0 Å². The first-order chi connectivity index (χ1) is 8.93. The van der Waals surface area contributed by atoms with Crippen molar-refractivity contribution >= 4 is 11.9 Å². The summed E-state index contributed by atoms with van der Waals surface area (Å²) >= 11 is 0. The van der Waals surface area contributed by atoms with Crippen LogP contribution in [0.2, 0.25) is 0 Å². The molecule has 0 heterocycles. The average molecular weight is 278 g/mol. The first-order valence-corrected chi connectivity index (χ1v) is 6.37. The quantitative estimate of drug-likeness (QED) is 0.476. The van der Waals surface area contributed by atoms with Gasteiger partial charge in [0.1, 0.15) is 0 Å². The van der Waals surface area contributed by atoms with Crippen LogP contribution in [0.1, 0.15) is 46.5 Å². The molecule has 0 rings (SSSR count). The van der Waals surface area contributed by atoms with E-state index in [1.54, 1.807) is 6.92 Å².